The molecule has 0 aliphatic heterocycles. The van der Waals surface area contributed by atoms with Gasteiger partial charge in [0, 0.05) is 37.3 Å². The zero-order chi connectivity index (χ0) is 26.6. The second-order valence-corrected chi connectivity index (χ2v) is 8.00. The second-order valence-electron chi connectivity index (χ2n) is 8.00. The Morgan fingerprint density at radius 1 is 1.05 bits per heavy atom. The molecule has 0 aliphatic carbocycles. The summed E-state index contributed by atoms with van der Waals surface area (Å²) in [6.07, 6.45) is 0.432. The highest BCUT2D eigenvalue weighted by atomic mass is 16.6. The van der Waals surface area contributed by atoms with Gasteiger partial charge in [-0.15, -0.1) is 5.11 Å². The van der Waals surface area contributed by atoms with Crippen molar-refractivity contribution in [3.05, 3.63) is 94.0 Å². The van der Waals surface area contributed by atoms with Crippen LogP contribution in [0.15, 0.2) is 83.0 Å². The number of Topliss-reactive ketones (excluding diaryl/α,β-unsaturated/α-hetero) is 1. The average Bonchev–Trinajstić information content (AvgIpc) is 2.93. The summed E-state index contributed by atoms with van der Waals surface area (Å²) in [5.74, 6) is -0.573. The zero-order valence-corrected chi connectivity index (χ0v) is 20.2. The van der Waals surface area contributed by atoms with Crippen LogP contribution in [0.1, 0.15) is 30.9 Å². The number of carbonyl (C=O) groups is 2. The highest BCUT2D eigenvalue weighted by Crippen LogP contribution is 2.27. The molecule has 188 valence electrons. The number of nitrogens with zero attached hydrogens (tertiary/aromatic N) is 5. The van der Waals surface area contributed by atoms with Crippen LogP contribution in [-0.2, 0) is 20.9 Å². The molecule has 3 aromatic carbocycles. The maximum absolute atomic E-state index is 12.1. The highest BCUT2D eigenvalue weighted by Gasteiger charge is 2.13. The minimum atomic E-state index is -0.577. The topological polar surface area (TPSA) is 138 Å². The number of rotatable bonds is 12. The van der Waals surface area contributed by atoms with Crippen molar-refractivity contribution in [1.82, 2.24) is 0 Å². The molecule has 3 aromatic rings. The maximum Gasteiger partial charge on any atom is 0.308 e. The maximum atomic E-state index is 12.1. The lowest BCUT2D eigenvalue weighted by molar-refractivity contribution is -0.384. The number of ether oxygens (including phenoxy) is 1. The summed E-state index contributed by atoms with van der Waals surface area (Å²) in [5, 5.41) is 28.4. The Morgan fingerprint density at radius 2 is 1.78 bits per heavy atom. The largest absolute Gasteiger partial charge is 0.458 e. The van der Waals surface area contributed by atoms with E-state index in [2.05, 4.69) is 10.2 Å². The number of anilines is 1. The minimum Gasteiger partial charge on any atom is -0.458 e. The van der Waals surface area contributed by atoms with Gasteiger partial charge in [-0.1, -0.05) is 37.3 Å². The third kappa shape index (κ3) is 8.07. The first-order valence-electron chi connectivity index (χ1n) is 11.6. The van der Waals surface area contributed by atoms with Crippen LogP contribution in [0.2, 0.25) is 0 Å². The Morgan fingerprint density at radius 3 is 2.43 bits per heavy atom. The number of nitro benzene ring substituents is 1. The van der Waals surface area contributed by atoms with Crippen LogP contribution in [0.4, 0.5) is 22.7 Å². The fourth-order valence-electron chi connectivity index (χ4n) is 3.32. The van der Waals surface area contributed by atoms with Crippen molar-refractivity contribution in [2.75, 3.05) is 18.1 Å². The third-order valence-corrected chi connectivity index (χ3v) is 5.39. The molecule has 0 saturated carbocycles. The van der Waals surface area contributed by atoms with Crippen molar-refractivity contribution in [3.8, 4) is 6.07 Å². The van der Waals surface area contributed by atoms with E-state index in [1.807, 2.05) is 53.4 Å². The van der Waals surface area contributed by atoms with Crippen LogP contribution in [0, 0.1) is 21.4 Å². The molecule has 0 amide bonds. The Hall–Kier alpha value is -4.91. The number of azo groups is 1. The van der Waals surface area contributed by atoms with Crippen LogP contribution in [0.25, 0.3) is 0 Å². The summed E-state index contributed by atoms with van der Waals surface area (Å²) >= 11 is 0. The van der Waals surface area contributed by atoms with Crippen LogP contribution in [-0.4, -0.2) is 29.8 Å². The summed E-state index contributed by atoms with van der Waals surface area (Å²) in [7, 11) is 0. The molecule has 10 heteroatoms. The second kappa shape index (κ2) is 13.3. The molecule has 0 aliphatic rings. The van der Waals surface area contributed by atoms with Crippen molar-refractivity contribution in [3.63, 3.8) is 0 Å². The number of benzene rings is 3. The number of hydrogen-bond acceptors (Lipinski definition) is 9. The van der Waals surface area contributed by atoms with Crippen LogP contribution >= 0.6 is 0 Å². The Labute approximate surface area is 214 Å². The van der Waals surface area contributed by atoms with Gasteiger partial charge in [-0.3, -0.25) is 19.7 Å². The first-order chi connectivity index (χ1) is 17.9. The Kier molecular flexibility index (Phi) is 9.56. The predicted octanol–water partition coefficient (Wildman–Crippen LogP) is 5.80. The lowest BCUT2D eigenvalue weighted by Gasteiger charge is -2.25. The summed E-state index contributed by atoms with van der Waals surface area (Å²) in [6.45, 7) is 2.44. The predicted molar refractivity (Wildman–Crippen MR) is 137 cm³/mol. The van der Waals surface area contributed by atoms with Gasteiger partial charge in [0.1, 0.15) is 18.4 Å². The molecule has 0 spiro atoms. The smallest absolute Gasteiger partial charge is 0.308 e. The van der Waals surface area contributed by atoms with Crippen molar-refractivity contribution in [2.24, 2.45) is 10.2 Å². The van der Waals surface area contributed by atoms with Crippen LogP contribution < -0.4 is 4.90 Å². The third-order valence-electron chi connectivity index (χ3n) is 5.39. The Bertz CT molecular complexity index is 1320. The van der Waals surface area contributed by atoms with Gasteiger partial charge >= 0.3 is 5.97 Å². The van der Waals surface area contributed by atoms with Gasteiger partial charge < -0.3 is 9.64 Å². The fraction of sp³-hybridized carbons (Fsp3) is 0.222. The van der Waals surface area contributed by atoms with Gasteiger partial charge in [0.25, 0.3) is 5.69 Å². The van der Waals surface area contributed by atoms with E-state index in [1.165, 1.54) is 12.1 Å². The molecule has 0 N–H and O–H groups in total. The van der Waals surface area contributed by atoms with E-state index < -0.39 is 10.9 Å². The number of esters is 1. The van der Waals surface area contributed by atoms with Crippen LogP contribution in [0.5, 0.6) is 0 Å². The van der Waals surface area contributed by atoms with Crippen molar-refractivity contribution in [1.29, 1.82) is 5.26 Å². The van der Waals surface area contributed by atoms with E-state index in [4.69, 9.17) is 4.74 Å². The first kappa shape index (κ1) is 26.7. The van der Waals surface area contributed by atoms with Crippen molar-refractivity contribution >= 4 is 34.5 Å². The van der Waals surface area contributed by atoms with E-state index in [1.54, 1.807) is 19.1 Å². The molecule has 0 aromatic heterocycles. The molecule has 0 atom stereocenters. The molecule has 3 rings (SSSR count). The highest BCUT2D eigenvalue weighted by molar-refractivity contribution is 5.82. The minimum absolute atomic E-state index is 0.0520. The standard InChI is InChI=1S/C27H25N5O5/c1-2-25(33)19-37-27(34)14-15-31(18-20-6-4-3-5-7-20)23-10-8-22(9-11-23)29-30-26-13-12-24(32(35)36)16-21(26)17-28/h3-13,16H,2,14-15,18-19H2,1H3/b30-29+. The fourth-order valence-corrected chi connectivity index (χ4v) is 3.32. The number of nitriles is 1. The molecule has 0 fully saturated rings. The van der Waals surface area contributed by atoms with E-state index in [9.17, 15) is 25.0 Å². The average molecular weight is 500 g/mol. The summed E-state index contributed by atoms with van der Waals surface area (Å²) in [4.78, 5) is 35.9. The molecular weight excluding hydrogens is 474 g/mol. The Balaban J connectivity index is 1.73. The van der Waals surface area contributed by atoms with E-state index in [0.29, 0.717) is 25.2 Å². The van der Waals surface area contributed by atoms with Crippen molar-refractivity contribution in [2.45, 2.75) is 26.3 Å². The van der Waals surface area contributed by atoms with E-state index in [0.717, 1.165) is 17.3 Å². The molecular formula is C27H25N5O5. The lowest BCUT2D eigenvalue weighted by Crippen LogP contribution is -2.26. The molecule has 37 heavy (non-hydrogen) atoms. The molecule has 10 nitrogen and oxygen atoms in total. The normalized spacial score (nSPS) is 10.6. The van der Waals surface area contributed by atoms with Gasteiger partial charge in [-0.05, 0) is 35.9 Å². The first-order valence-corrected chi connectivity index (χ1v) is 11.6. The van der Waals surface area contributed by atoms with Gasteiger partial charge in [0.2, 0.25) is 0 Å². The SMILES string of the molecule is CCC(=O)COC(=O)CCN(Cc1ccccc1)c1ccc(/N=N/c2ccc([N+](=O)[O-])cc2C#N)cc1. The van der Waals surface area contributed by atoms with Gasteiger partial charge in [0.05, 0.1) is 22.6 Å². The summed E-state index contributed by atoms with van der Waals surface area (Å²) in [6, 6.07) is 22.6. The monoisotopic (exact) mass is 499 g/mol. The molecule has 0 saturated heterocycles. The summed E-state index contributed by atoms with van der Waals surface area (Å²) in [5.41, 5.74) is 2.50. The zero-order valence-electron chi connectivity index (χ0n) is 20.2. The van der Waals surface area contributed by atoms with Gasteiger partial charge in [-0.2, -0.15) is 10.4 Å². The number of carbonyl (C=O) groups excluding carboxylic acids is 2. The molecule has 0 unspecified atom stereocenters. The number of ketones is 1. The quantitative estimate of drug-likeness (QED) is 0.133. The van der Waals surface area contributed by atoms with Gasteiger partial charge in [-0.25, -0.2) is 0 Å². The van der Waals surface area contributed by atoms with Crippen molar-refractivity contribution < 1.29 is 19.2 Å². The summed E-state index contributed by atoms with van der Waals surface area (Å²) < 4.78 is 5.06. The molecule has 0 bridgehead atoms. The van der Waals surface area contributed by atoms with E-state index >= 15 is 0 Å². The number of nitro groups is 1. The lowest BCUT2D eigenvalue weighted by atomic mass is 10.2. The number of hydrogen-bond donors (Lipinski definition) is 0. The van der Waals surface area contributed by atoms with Gasteiger partial charge in [0.15, 0.2) is 5.78 Å². The van der Waals surface area contributed by atoms with E-state index in [-0.39, 0.29) is 35.7 Å². The number of non-ortho nitro benzene ring substituents is 1. The molecule has 0 heterocycles. The van der Waals surface area contributed by atoms with Crippen LogP contribution in [0.3, 0.4) is 0 Å². The molecule has 0 radical (unpaired) electrons.